The minimum Gasteiger partial charge on any atom is -0.481 e. The molecular weight excluding hydrogens is 180 g/mol. The van der Waals surface area contributed by atoms with Gasteiger partial charge in [-0.15, -0.1) is 0 Å². The molecule has 1 aromatic rings. The fraction of sp³-hybridized carbons (Fsp3) is 0.600. The number of carboxylic acid groups (broad SMARTS) is 1. The molecule has 78 valence electrons. The average Bonchev–Trinajstić information content (AvgIpc) is 2.50. The lowest BCUT2D eigenvalue weighted by Crippen LogP contribution is -2.04. The molecule has 0 aromatic carbocycles. The summed E-state index contributed by atoms with van der Waals surface area (Å²) in [6, 6.07) is 0. The van der Waals surface area contributed by atoms with Gasteiger partial charge in [0, 0.05) is 17.8 Å². The molecule has 0 bridgehead atoms. The number of hydrogen-bond acceptors (Lipinski definition) is 2. The first-order chi connectivity index (χ1) is 6.50. The van der Waals surface area contributed by atoms with E-state index in [2.05, 4.69) is 23.8 Å². The van der Waals surface area contributed by atoms with E-state index in [0.717, 1.165) is 11.5 Å². The van der Waals surface area contributed by atoms with Crippen molar-refractivity contribution >= 4 is 5.97 Å². The number of nitrogens with zero attached hydrogens (tertiary/aromatic N) is 1. The van der Waals surface area contributed by atoms with Crippen LogP contribution in [0.5, 0.6) is 0 Å². The van der Waals surface area contributed by atoms with Gasteiger partial charge < -0.3 is 10.1 Å². The maximum absolute atomic E-state index is 10.5. The molecule has 1 rings (SSSR count). The van der Waals surface area contributed by atoms with Gasteiger partial charge in [0.05, 0.1) is 6.42 Å². The van der Waals surface area contributed by atoms with Gasteiger partial charge in [0.2, 0.25) is 0 Å². The van der Waals surface area contributed by atoms with Crippen molar-refractivity contribution in [1.29, 1.82) is 0 Å². The molecule has 0 amide bonds. The second-order valence-corrected chi connectivity index (χ2v) is 3.88. The lowest BCUT2D eigenvalue weighted by atomic mass is 10.1. The van der Waals surface area contributed by atoms with Crippen LogP contribution in [0.4, 0.5) is 0 Å². The zero-order valence-electron chi connectivity index (χ0n) is 8.74. The number of aromatic nitrogens is 2. The Labute approximate surface area is 83.4 Å². The van der Waals surface area contributed by atoms with E-state index >= 15 is 0 Å². The third-order valence-electron chi connectivity index (χ3n) is 2.18. The molecule has 0 saturated heterocycles. The SMILES string of the molecule is CC(C)c1cnc(C(C)CC(=O)O)[nH]1. The van der Waals surface area contributed by atoms with Crippen molar-refractivity contribution in [2.75, 3.05) is 0 Å². The van der Waals surface area contributed by atoms with Crippen LogP contribution in [-0.2, 0) is 4.79 Å². The number of carboxylic acids is 1. The minimum absolute atomic E-state index is 0.0556. The highest BCUT2D eigenvalue weighted by atomic mass is 16.4. The van der Waals surface area contributed by atoms with Gasteiger partial charge in [0.15, 0.2) is 0 Å². The van der Waals surface area contributed by atoms with E-state index in [1.165, 1.54) is 0 Å². The summed E-state index contributed by atoms with van der Waals surface area (Å²) >= 11 is 0. The summed E-state index contributed by atoms with van der Waals surface area (Å²) in [6.45, 7) is 6.00. The van der Waals surface area contributed by atoms with Crippen molar-refractivity contribution in [3.05, 3.63) is 17.7 Å². The Morgan fingerprint density at radius 2 is 2.21 bits per heavy atom. The molecule has 0 radical (unpaired) electrons. The van der Waals surface area contributed by atoms with E-state index in [-0.39, 0.29) is 12.3 Å². The first-order valence-electron chi connectivity index (χ1n) is 4.77. The number of aromatic amines is 1. The fourth-order valence-corrected chi connectivity index (χ4v) is 1.25. The average molecular weight is 196 g/mol. The fourth-order valence-electron chi connectivity index (χ4n) is 1.25. The number of rotatable bonds is 4. The Balaban J connectivity index is 2.71. The predicted octanol–water partition coefficient (Wildman–Crippen LogP) is 2.11. The van der Waals surface area contributed by atoms with Gasteiger partial charge in [0.25, 0.3) is 0 Å². The maximum Gasteiger partial charge on any atom is 0.304 e. The molecule has 0 aliphatic rings. The summed E-state index contributed by atoms with van der Waals surface area (Å²) < 4.78 is 0. The van der Waals surface area contributed by atoms with E-state index in [0.29, 0.717) is 5.92 Å². The van der Waals surface area contributed by atoms with Crippen LogP contribution >= 0.6 is 0 Å². The van der Waals surface area contributed by atoms with E-state index in [1.54, 1.807) is 6.20 Å². The standard InChI is InChI=1S/C10H16N2O2/c1-6(2)8-5-11-10(12-8)7(3)4-9(13)14/h5-7H,4H2,1-3H3,(H,11,12)(H,13,14). The summed E-state index contributed by atoms with van der Waals surface area (Å²) in [5, 5.41) is 8.62. The molecule has 1 aromatic heterocycles. The quantitative estimate of drug-likeness (QED) is 0.775. The monoisotopic (exact) mass is 196 g/mol. The van der Waals surface area contributed by atoms with Crippen molar-refractivity contribution < 1.29 is 9.90 Å². The number of imidazole rings is 1. The highest BCUT2D eigenvalue weighted by Gasteiger charge is 2.14. The van der Waals surface area contributed by atoms with Gasteiger partial charge >= 0.3 is 5.97 Å². The number of H-pyrrole nitrogens is 1. The maximum atomic E-state index is 10.5. The van der Waals surface area contributed by atoms with Crippen molar-refractivity contribution in [3.8, 4) is 0 Å². The molecule has 0 spiro atoms. The smallest absolute Gasteiger partial charge is 0.304 e. The van der Waals surface area contributed by atoms with Gasteiger partial charge in [-0.25, -0.2) is 4.98 Å². The Morgan fingerprint density at radius 3 is 2.64 bits per heavy atom. The zero-order valence-corrected chi connectivity index (χ0v) is 8.74. The van der Waals surface area contributed by atoms with Crippen LogP contribution < -0.4 is 0 Å². The second kappa shape index (κ2) is 4.26. The third kappa shape index (κ3) is 2.58. The zero-order chi connectivity index (χ0) is 10.7. The minimum atomic E-state index is -0.792. The largest absolute Gasteiger partial charge is 0.481 e. The first kappa shape index (κ1) is 10.8. The molecule has 1 heterocycles. The lowest BCUT2D eigenvalue weighted by molar-refractivity contribution is -0.137. The Kier molecular flexibility index (Phi) is 3.28. The molecule has 14 heavy (non-hydrogen) atoms. The predicted molar refractivity (Wildman–Crippen MR) is 53.3 cm³/mol. The van der Waals surface area contributed by atoms with Crippen LogP contribution in [0.2, 0.25) is 0 Å². The highest BCUT2D eigenvalue weighted by Crippen LogP contribution is 2.18. The number of nitrogens with one attached hydrogen (secondary N) is 1. The summed E-state index contributed by atoms with van der Waals surface area (Å²) in [7, 11) is 0. The van der Waals surface area contributed by atoms with Crippen LogP contribution in [-0.4, -0.2) is 21.0 Å². The first-order valence-corrected chi connectivity index (χ1v) is 4.77. The molecule has 1 atom stereocenters. The van der Waals surface area contributed by atoms with Gasteiger partial charge in [-0.1, -0.05) is 20.8 Å². The summed E-state index contributed by atoms with van der Waals surface area (Å²) in [5.74, 6) is 0.310. The number of hydrogen-bond donors (Lipinski definition) is 2. The van der Waals surface area contributed by atoms with Crippen molar-refractivity contribution in [2.45, 2.75) is 39.0 Å². The van der Waals surface area contributed by atoms with E-state index in [9.17, 15) is 4.79 Å². The molecule has 4 nitrogen and oxygen atoms in total. The van der Waals surface area contributed by atoms with E-state index < -0.39 is 5.97 Å². The van der Waals surface area contributed by atoms with Crippen molar-refractivity contribution in [1.82, 2.24) is 9.97 Å². The topological polar surface area (TPSA) is 66.0 Å². The summed E-state index contributed by atoms with van der Waals surface area (Å²) in [5.41, 5.74) is 1.05. The van der Waals surface area contributed by atoms with Gasteiger partial charge in [0.1, 0.15) is 5.82 Å². The van der Waals surface area contributed by atoms with Crippen LogP contribution in [0.1, 0.15) is 50.5 Å². The normalized spacial score (nSPS) is 13.1. The highest BCUT2D eigenvalue weighted by molar-refractivity contribution is 5.67. The third-order valence-corrected chi connectivity index (χ3v) is 2.18. The number of aliphatic carboxylic acids is 1. The van der Waals surface area contributed by atoms with Crippen LogP contribution in [0, 0.1) is 0 Å². The van der Waals surface area contributed by atoms with Crippen molar-refractivity contribution in [2.24, 2.45) is 0 Å². The molecule has 0 fully saturated rings. The molecule has 0 aliphatic carbocycles. The Bertz CT molecular complexity index is 318. The second-order valence-electron chi connectivity index (χ2n) is 3.88. The van der Waals surface area contributed by atoms with Gasteiger partial charge in [-0.2, -0.15) is 0 Å². The van der Waals surface area contributed by atoms with E-state index in [1.807, 2.05) is 6.92 Å². The van der Waals surface area contributed by atoms with Crippen molar-refractivity contribution in [3.63, 3.8) is 0 Å². The summed E-state index contributed by atoms with van der Waals surface area (Å²) in [4.78, 5) is 17.8. The van der Waals surface area contributed by atoms with Crippen LogP contribution in [0.3, 0.4) is 0 Å². The van der Waals surface area contributed by atoms with E-state index in [4.69, 9.17) is 5.11 Å². The van der Waals surface area contributed by atoms with Crippen LogP contribution in [0.15, 0.2) is 6.20 Å². The Hall–Kier alpha value is -1.32. The lowest BCUT2D eigenvalue weighted by Gasteiger charge is -2.04. The van der Waals surface area contributed by atoms with Gasteiger partial charge in [-0.3, -0.25) is 4.79 Å². The van der Waals surface area contributed by atoms with Crippen LogP contribution in [0.25, 0.3) is 0 Å². The molecule has 0 aliphatic heterocycles. The van der Waals surface area contributed by atoms with Gasteiger partial charge in [-0.05, 0) is 5.92 Å². The Morgan fingerprint density at radius 1 is 1.57 bits per heavy atom. The molecule has 0 saturated carbocycles. The summed E-state index contributed by atoms with van der Waals surface area (Å²) in [6.07, 6.45) is 1.89. The number of carbonyl (C=O) groups is 1. The molecule has 1 unspecified atom stereocenters. The molecular formula is C10H16N2O2. The molecule has 4 heteroatoms. The molecule has 2 N–H and O–H groups in total.